The average molecular weight is 490 g/mol. The van der Waals surface area contributed by atoms with Crippen LogP contribution in [0.25, 0.3) is 10.9 Å². The number of anilines is 3. The molecule has 7 heteroatoms. The van der Waals surface area contributed by atoms with Crippen LogP contribution >= 0.6 is 0 Å². The molecule has 3 aromatic rings. The second kappa shape index (κ2) is 11.4. The van der Waals surface area contributed by atoms with Gasteiger partial charge in [0.05, 0.1) is 18.7 Å². The number of nitrogens with one attached hydrogen (secondary N) is 1. The Labute approximate surface area is 214 Å². The number of aromatic hydroxyl groups is 1. The molecule has 36 heavy (non-hydrogen) atoms. The summed E-state index contributed by atoms with van der Waals surface area (Å²) in [6.07, 6.45) is 7.02. The minimum Gasteiger partial charge on any atom is -0.508 e. The molecular weight excluding hydrogens is 450 g/mol. The molecule has 2 N–H and O–H groups in total. The van der Waals surface area contributed by atoms with Crippen molar-refractivity contribution < 1.29 is 9.84 Å². The first kappa shape index (κ1) is 24.8. The third-order valence-electron chi connectivity index (χ3n) is 7.64. The van der Waals surface area contributed by atoms with Crippen LogP contribution in [0.5, 0.6) is 5.75 Å². The number of aromatic nitrogens is 2. The van der Waals surface area contributed by atoms with E-state index in [0.29, 0.717) is 5.95 Å². The third kappa shape index (κ3) is 5.90. The smallest absolute Gasteiger partial charge is 0.227 e. The Hall–Kier alpha value is -2.90. The first-order chi connectivity index (χ1) is 17.6. The Morgan fingerprint density at radius 3 is 2.50 bits per heavy atom. The van der Waals surface area contributed by atoms with Gasteiger partial charge in [-0.15, -0.1) is 0 Å². The van der Waals surface area contributed by atoms with Gasteiger partial charge in [-0.25, -0.2) is 9.97 Å². The molecule has 0 aliphatic carbocycles. The fraction of sp³-hybridized carbons (Fsp3) is 0.517. The van der Waals surface area contributed by atoms with E-state index in [-0.39, 0.29) is 11.7 Å². The van der Waals surface area contributed by atoms with Gasteiger partial charge in [0.15, 0.2) is 0 Å². The molecular formula is C29H39N5O2. The van der Waals surface area contributed by atoms with E-state index in [1.165, 1.54) is 37.9 Å². The number of hydrogen-bond donors (Lipinski definition) is 2. The zero-order chi connectivity index (χ0) is 24.9. The van der Waals surface area contributed by atoms with E-state index < -0.39 is 0 Å². The van der Waals surface area contributed by atoms with Gasteiger partial charge in [-0.3, -0.25) is 4.90 Å². The number of phenols is 1. The quantitative estimate of drug-likeness (QED) is 0.431. The second-order valence-electron chi connectivity index (χ2n) is 10.5. The highest BCUT2D eigenvalue weighted by molar-refractivity contribution is 5.85. The Balaban J connectivity index is 1.14. The van der Waals surface area contributed by atoms with Crippen molar-refractivity contribution in [3.8, 4) is 5.75 Å². The van der Waals surface area contributed by atoms with Crippen LogP contribution in [0.1, 0.15) is 51.0 Å². The largest absolute Gasteiger partial charge is 0.508 e. The lowest BCUT2D eigenvalue weighted by Crippen LogP contribution is -2.37. The fourth-order valence-electron chi connectivity index (χ4n) is 5.53. The molecule has 2 aliphatic heterocycles. The number of benzene rings is 2. The molecule has 0 radical (unpaired) electrons. The highest BCUT2D eigenvalue weighted by Crippen LogP contribution is 2.33. The maximum absolute atomic E-state index is 10.3. The zero-order valence-corrected chi connectivity index (χ0v) is 21.6. The van der Waals surface area contributed by atoms with Crippen molar-refractivity contribution in [2.24, 2.45) is 5.92 Å². The Bertz CT molecular complexity index is 1140. The summed E-state index contributed by atoms with van der Waals surface area (Å²) in [5.74, 6) is 1.85. The van der Waals surface area contributed by atoms with E-state index in [9.17, 15) is 5.11 Å². The van der Waals surface area contributed by atoms with Crippen LogP contribution in [0.2, 0.25) is 0 Å². The van der Waals surface area contributed by atoms with Gasteiger partial charge in [-0.05, 0) is 80.5 Å². The van der Waals surface area contributed by atoms with Crippen molar-refractivity contribution in [1.82, 2.24) is 14.9 Å². The van der Waals surface area contributed by atoms with E-state index in [4.69, 9.17) is 9.72 Å². The summed E-state index contributed by atoms with van der Waals surface area (Å²) in [5, 5.41) is 14.6. The predicted octanol–water partition coefficient (Wildman–Crippen LogP) is 5.53. The fourth-order valence-corrected chi connectivity index (χ4v) is 5.53. The summed E-state index contributed by atoms with van der Waals surface area (Å²) in [4.78, 5) is 14.3. The van der Waals surface area contributed by atoms with E-state index in [1.807, 2.05) is 12.3 Å². The lowest BCUT2D eigenvalue weighted by molar-refractivity contribution is 0.0365. The minimum atomic E-state index is 0.171. The topological polar surface area (TPSA) is 73.8 Å². The van der Waals surface area contributed by atoms with E-state index in [0.717, 1.165) is 67.5 Å². The molecule has 1 aromatic heterocycles. The van der Waals surface area contributed by atoms with Gasteiger partial charge in [-0.1, -0.05) is 13.8 Å². The van der Waals surface area contributed by atoms with Crippen LogP contribution in [-0.4, -0.2) is 65.9 Å². The molecule has 0 spiro atoms. The molecule has 7 nitrogen and oxygen atoms in total. The molecule has 2 aliphatic rings. The first-order valence-electron chi connectivity index (χ1n) is 13.5. The number of rotatable bonds is 8. The van der Waals surface area contributed by atoms with Gasteiger partial charge in [-0.2, -0.15) is 0 Å². The van der Waals surface area contributed by atoms with Gasteiger partial charge in [0.25, 0.3) is 0 Å². The maximum atomic E-state index is 10.3. The molecule has 3 heterocycles. The van der Waals surface area contributed by atoms with Crippen molar-refractivity contribution in [2.75, 3.05) is 56.2 Å². The summed E-state index contributed by atoms with van der Waals surface area (Å²) in [6.45, 7) is 11.6. The number of piperidine rings is 1. The number of fused-ring (bicyclic) bond motifs is 1. The zero-order valence-electron chi connectivity index (χ0n) is 21.6. The summed E-state index contributed by atoms with van der Waals surface area (Å²) in [5.41, 5.74) is 3.89. The summed E-state index contributed by atoms with van der Waals surface area (Å²) >= 11 is 0. The third-order valence-corrected chi connectivity index (χ3v) is 7.64. The molecule has 2 fully saturated rings. The molecule has 192 valence electrons. The number of phenolic OH excluding ortho intramolecular Hbond substituents is 1. The summed E-state index contributed by atoms with van der Waals surface area (Å²) in [6, 6.07) is 12.2. The maximum Gasteiger partial charge on any atom is 0.227 e. The van der Waals surface area contributed by atoms with Gasteiger partial charge >= 0.3 is 0 Å². The molecule has 0 atom stereocenters. The molecule has 0 amide bonds. The highest BCUT2D eigenvalue weighted by Gasteiger charge is 2.20. The number of nitrogens with zero attached hydrogens (tertiary/aromatic N) is 4. The van der Waals surface area contributed by atoms with Crippen LogP contribution in [0.4, 0.5) is 17.3 Å². The van der Waals surface area contributed by atoms with Crippen molar-refractivity contribution in [1.29, 1.82) is 0 Å². The van der Waals surface area contributed by atoms with E-state index in [1.54, 1.807) is 6.07 Å². The van der Waals surface area contributed by atoms with Crippen molar-refractivity contribution >= 4 is 28.2 Å². The van der Waals surface area contributed by atoms with E-state index >= 15 is 0 Å². The number of morpholine rings is 1. The molecule has 5 rings (SSSR count). The van der Waals surface area contributed by atoms with E-state index in [2.05, 4.69) is 58.2 Å². The summed E-state index contributed by atoms with van der Waals surface area (Å²) in [7, 11) is 0. The van der Waals surface area contributed by atoms with Crippen LogP contribution in [0, 0.1) is 5.92 Å². The first-order valence-corrected chi connectivity index (χ1v) is 13.5. The molecule has 2 saturated heterocycles. The Morgan fingerprint density at radius 1 is 1.03 bits per heavy atom. The van der Waals surface area contributed by atoms with Crippen molar-refractivity contribution in [2.45, 2.75) is 45.4 Å². The molecule has 2 aromatic carbocycles. The average Bonchev–Trinajstić information content (AvgIpc) is 2.90. The van der Waals surface area contributed by atoms with Crippen LogP contribution in [-0.2, 0) is 4.74 Å². The van der Waals surface area contributed by atoms with Gasteiger partial charge < -0.3 is 20.1 Å². The van der Waals surface area contributed by atoms with Crippen molar-refractivity contribution in [3.05, 3.63) is 48.2 Å². The monoisotopic (exact) mass is 489 g/mol. The van der Waals surface area contributed by atoms with Gasteiger partial charge in [0, 0.05) is 54.7 Å². The molecule has 0 bridgehead atoms. The second-order valence-corrected chi connectivity index (χ2v) is 10.5. The number of hydrogen-bond acceptors (Lipinski definition) is 7. The number of ether oxygens (including phenoxy) is 1. The molecule has 0 unspecified atom stereocenters. The van der Waals surface area contributed by atoms with Crippen LogP contribution in [0.3, 0.4) is 0 Å². The lowest BCUT2D eigenvalue weighted by atomic mass is 9.92. The van der Waals surface area contributed by atoms with Gasteiger partial charge in [0.2, 0.25) is 5.95 Å². The standard InChI is InChI=1S/C29H39N5O2/c1-21(2)27-26(35)10-5-23-20-30-29(32-28(23)27)31-24-6-8-25(9-7-24)34-14-11-22(12-15-34)4-3-13-33-16-18-36-19-17-33/h5-10,20-22,35H,3-4,11-19H2,1-2H3,(H,30,31,32). The predicted molar refractivity (Wildman–Crippen MR) is 146 cm³/mol. The Morgan fingerprint density at radius 2 is 1.78 bits per heavy atom. The van der Waals surface area contributed by atoms with Gasteiger partial charge in [0.1, 0.15) is 5.75 Å². The SMILES string of the molecule is CC(C)c1c(O)ccc2cnc(Nc3ccc(N4CCC(CCCN5CCOCC5)CC4)cc3)nc12. The Kier molecular flexibility index (Phi) is 7.87. The van der Waals surface area contributed by atoms with Crippen LogP contribution < -0.4 is 10.2 Å². The minimum absolute atomic E-state index is 0.171. The van der Waals surface area contributed by atoms with Crippen molar-refractivity contribution in [3.63, 3.8) is 0 Å². The highest BCUT2D eigenvalue weighted by atomic mass is 16.5. The molecule has 0 saturated carbocycles. The lowest BCUT2D eigenvalue weighted by Gasteiger charge is -2.34. The van der Waals surface area contributed by atoms with Crippen LogP contribution in [0.15, 0.2) is 42.6 Å². The normalized spacial score (nSPS) is 17.7. The summed E-state index contributed by atoms with van der Waals surface area (Å²) < 4.78 is 5.45.